The molecule has 1 aliphatic rings. The quantitative estimate of drug-likeness (QED) is 0.872. The Hall–Kier alpha value is -0.960. The number of hydrogen-bond acceptors (Lipinski definition) is 1. The summed E-state index contributed by atoms with van der Waals surface area (Å²) in [5.41, 5.74) is 0.283. The minimum Gasteiger partial charge on any atom is -0.392 e. The van der Waals surface area contributed by atoms with Crippen LogP contribution in [-0.4, -0.2) is 11.2 Å². The van der Waals surface area contributed by atoms with Gasteiger partial charge in [-0.15, -0.1) is 0 Å². The van der Waals surface area contributed by atoms with Crippen LogP contribution in [0.25, 0.3) is 0 Å². The van der Waals surface area contributed by atoms with Gasteiger partial charge >= 0.3 is 0 Å². The zero-order valence-electron chi connectivity index (χ0n) is 11.4. The second kappa shape index (κ2) is 6.47. The molecule has 1 N–H and O–H groups in total. The lowest BCUT2D eigenvalue weighted by Crippen LogP contribution is -2.28. The maximum atomic E-state index is 13.6. The molecule has 1 nitrogen and oxygen atoms in total. The van der Waals surface area contributed by atoms with Gasteiger partial charge in [0.25, 0.3) is 0 Å². The van der Waals surface area contributed by atoms with Gasteiger partial charge in [-0.1, -0.05) is 26.2 Å². The van der Waals surface area contributed by atoms with Crippen molar-refractivity contribution >= 4 is 0 Å². The Kier molecular flexibility index (Phi) is 4.92. The van der Waals surface area contributed by atoms with Crippen LogP contribution in [0.15, 0.2) is 18.2 Å². The predicted molar refractivity (Wildman–Crippen MR) is 71.8 cm³/mol. The molecular weight excluding hydrogens is 246 g/mol. The van der Waals surface area contributed by atoms with Gasteiger partial charge in [-0.3, -0.25) is 0 Å². The smallest absolute Gasteiger partial charge is 0.126 e. The number of aliphatic hydroxyl groups excluding tert-OH is 1. The second-order valence-corrected chi connectivity index (χ2v) is 5.71. The van der Waals surface area contributed by atoms with Gasteiger partial charge < -0.3 is 5.11 Å². The molecule has 2 rings (SSSR count). The van der Waals surface area contributed by atoms with Gasteiger partial charge in [0.15, 0.2) is 0 Å². The lowest BCUT2D eigenvalue weighted by Gasteiger charge is -2.31. The fourth-order valence-electron chi connectivity index (χ4n) is 3.14. The lowest BCUT2D eigenvalue weighted by atomic mass is 9.76. The number of benzene rings is 1. The van der Waals surface area contributed by atoms with Gasteiger partial charge in [0, 0.05) is 6.42 Å². The van der Waals surface area contributed by atoms with Crippen LogP contribution in [0.5, 0.6) is 0 Å². The molecule has 0 aliphatic heterocycles. The fraction of sp³-hybridized carbons (Fsp3) is 0.625. The first kappa shape index (κ1) is 14.4. The molecule has 0 saturated heterocycles. The average Bonchev–Trinajstić information content (AvgIpc) is 2.43. The van der Waals surface area contributed by atoms with E-state index in [1.54, 1.807) is 0 Å². The van der Waals surface area contributed by atoms with Crippen molar-refractivity contribution in [2.45, 2.75) is 51.6 Å². The summed E-state index contributed by atoms with van der Waals surface area (Å²) in [5, 5.41) is 10.3. The van der Waals surface area contributed by atoms with Crippen LogP contribution >= 0.6 is 0 Å². The third-order valence-corrected chi connectivity index (χ3v) is 4.38. The molecule has 19 heavy (non-hydrogen) atoms. The van der Waals surface area contributed by atoms with Gasteiger partial charge in [-0.2, -0.15) is 0 Å². The van der Waals surface area contributed by atoms with Crippen LogP contribution in [0, 0.1) is 23.5 Å². The molecule has 0 amide bonds. The molecule has 3 unspecified atom stereocenters. The first-order valence-corrected chi connectivity index (χ1v) is 7.22. The molecule has 0 radical (unpaired) electrons. The van der Waals surface area contributed by atoms with E-state index in [0.29, 0.717) is 5.92 Å². The summed E-state index contributed by atoms with van der Waals surface area (Å²) >= 11 is 0. The molecular formula is C16H22F2O. The molecule has 1 aliphatic carbocycles. The Balaban J connectivity index is 2.00. The van der Waals surface area contributed by atoms with Crippen molar-refractivity contribution in [3.8, 4) is 0 Å². The van der Waals surface area contributed by atoms with E-state index in [2.05, 4.69) is 6.92 Å². The summed E-state index contributed by atoms with van der Waals surface area (Å²) in [6, 6.07) is 3.44. The molecule has 1 fully saturated rings. The van der Waals surface area contributed by atoms with Crippen LogP contribution in [0.4, 0.5) is 8.78 Å². The van der Waals surface area contributed by atoms with E-state index >= 15 is 0 Å². The zero-order valence-corrected chi connectivity index (χ0v) is 11.4. The fourth-order valence-corrected chi connectivity index (χ4v) is 3.14. The molecule has 0 aromatic heterocycles. The van der Waals surface area contributed by atoms with Crippen molar-refractivity contribution in [3.05, 3.63) is 35.4 Å². The predicted octanol–water partition coefficient (Wildman–Crippen LogP) is 4.08. The SMILES string of the molecule is CCC1CCCC(C(O)Cc2cc(F)ccc2F)C1. The van der Waals surface area contributed by atoms with Gasteiger partial charge in [0.1, 0.15) is 11.6 Å². The number of aliphatic hydroxyl groups is 1. The van der Waals surface area contributed by atoms with Crippen molar-refractivity contribution in [2.24, 2.45) is 11.8 Å². The monoisotopic (exact) mass is 268 g/mol. The average molecular weight is 268 g/mol. The topological polar surface area (TPSA) is 20.2 Å². The molecule has 0 bridgehead atoms. The molecule has 1 saturated carbocycles. The van der Waals surface area contributed by atoms with E-state index in [0.717, 1.165) is 37.8 Å². The van der Waals surface area contributed by atoms with Crippen LogP contribution in [0.3, 0.4) is 0 Å². The minimum absolute atomic E-state index is 0.213. The van der Waals surface area contributed by atoms with Crippen LogP contribution in [-0.2, 0) is 6.42 Å². The van der Waals surface area contributed by atoms with E-state index in [1.807, 2.05) is 0 Å². The summed E-state index contributed by atoms with van der Waals surface area (Å²) in [5.74, 6) is 0.0223. The van der Waals surface area contributed by atoms with Crippen molar-refractivity contribution in [2.75, 3.05) is 0 Å². The molecule has 0 spiro atoms. The first-order valence-electron chi connectivity index (χ1n) is 7.22. The second-order valence-electron chi connectivity index (χ2n) is 5.71. The van der Waals surface area contributed by atoms with Crippen LogP contribution in [0.2, 0.25) is 0 Å². The largest absolute Gasteiger partial charge is 0.392 e. The molecule has 0 heterocycles. The summed E-state index contributed by atoms with van der Waals surface area (Å²) in [6.45, 7) is 2.17. The van der Waals surface area contributed by atoms with Gasteiger partial charge in [0.2, 0.25) is 0 Å². The van der Waals surface area contributed by atoms with E-state index < -0.39 is 17.7 Å². The Morgan fingerprint density at radius 1 is 1.32 bits per heavy atom. The summed E-state index contributed by atoms with van der Waals surface area (Å²) < 4.78 is 26.7. The summed E-state index contributed by atoms with van der Waals surface area (Å²) in [4.78, 5) is 0. The van der Waals surface area contributed by atoms with Crippen molar-refractivity contribution in [1.29, 1.82) is 0 Å². The van der Waals surface area contributed by atoms with Gasteiger partial charge in [-0.05, 0) is 48.4 Å². The summed E-state index contributed by atoms with van der Waals surface area (Å²) in [6.07, 6.45) is 5.15. The first-order chi connectivity index (χ1) is 9.10. The van der Waals surface area contributed by atoms with Crippen molar-refractivity contribution in [3.63, 3.8) is 0 Å². The number of rotatable bonds is 4. The number of hydrogen-bond donors (Lipinski definition) is 1. The Morgan fingerprint density at radius 3 is 2.84 bits per heavy atom. The molecule has 3 atom stereocenters. The zero-order chi connectivity index (χ0) is 13.8. The molecule has 1 aromatic rings. The van der Waals surface area contributed by atoms with E-state index in [-0.39, 0.29) is 17.9 Å². The standard InChI is InChI=1S/C16H22F2O/c1-2-11-4-3-5-12(8-11)16(19)10-13-9-14(17)6-7-15(13)18/h6-7,9,11-12,16,19H,2-5,8,10H2,1H3. The highest BCUT2D eigenvalue weighted by Gasteiger charge is 2.27. The Labute approximate surface area is 113 Å². The van der Waals surface area contributed by atoms with E-state index in [1.165, 1.54) is 12.5 Å². The molecule has 1 aromatic carbocycles. The third kappa shape index (κ3) is 3.75. The molecule has 106 valence electrons. The normalized spacial score (nSPS) is 25.3. The minimum atomic E-state index is -0.564. The Morgan fingerprint density at radius 2 is 2.11 bits per heavy atom. The van der Waals surface area contributed by atoms with Crippen molar-refractivity contribution in [1.82, 2.24) is 0 Å². The Bertz CT molecular complexity index is 419. The van der Waals surface area contributed by atoms with Crippen LogP contribution in [0.1, 0.15) is 44.6 Å². The molecule has 3 heteroatoms. The lowest BCUT2D eigenvalue weighted by molar-refractivity contribution is 0.0678. The highest BCUT2D eigenvalue weighted by Crippen LogP contribution is 2.34. The maximum Gasteiger partial charge on any atom is 0.126 e. The van der Waals surface area contributed by atoms with Crippen molar-refractivity contribution < 1.29 is 13.9 Å². The van der Waals surface area contributed by atoms with Gasteiger partial charge in [0.05, 0.1) is 6.10 Å². The van der Waals surface area contributed by atoms with Crippen LogP contribution < -0.4 is 0 Å². The highest BCUT2D eigenvalue weighted by atomic mass is 19.1. The highest BCUT2D eigenvalue weighted by molar-refractivity contribution is 5.19. The van der Waals surface area contributed by atoms with E-state index in [9.17, 15) is 13.9 Å². The number of halogens is 2. The maximum absolute atomic E-state index is 13.6. The van der Waals surface area contributed by atoms with Gasteiger partial charge in [-0.25, -0.2) is 8.78 Å². The van der Waals surface area contributed by atoms with E-state index in [4.69, 9.17) is 0 Å². The summed E-state index contributed by atoms with van der Waals surface area (Å²) in [7, 11) is 0. The third-order valence-electron chi connectivity index (χ3n) is 4.38.